The molecule has 3 aromatic carbocycles. The van der Waals surface area contributed by atoms with Crippen LogP contribution in [0.1, 0.15) is 33.4 Å². The van der Waals surface area contributed by atoms with E-state index in [2.05, 4.69) is 12.1 Å². The smallest absolute Gasteiger partial charge is 0.0998 e. The molecular formula is C24H16N2. The van der Waals surface area contributed by atoms with Crippen LogP contribution in [-0.4, -0.2) is 0 Å². The number of nitrogens with zero attached hydrogens (tertiary/aromatic N) is 2. The molecule has 0 spiro atoms. The highest BCUT2D eigenvalue weighted by Gasteiger charge is 2.06. The fourth-order valence-electron chi connectivity index (χ4n) is 2.60. The lowest BCUT2D eigenvalue weighted by Crippen LogP contribution is -1.90. The third-order valence-electron chi connectivity index (χ3n) is 3.97. The summed E-state index contributed by atoms with van der Waals surface area (Å²) < 4.78 is 0. The molecule has 0 heterocycles. The molecule has 0 radical (unpaired) electrons. The van der Waals surface area contributed by atoms with Gasteiger partial charge in [0.25, 0.3) is 0 Å². The van der Waals surface area contributed by atoms with Crippen molar-refractivity contribution in [1.29, 1.82) is 10.5 Å². The van der Waals surface area contributed by atoms with Gasteiger partial charge in [-0.25, -0.2) is 0 Å². The summed E-state index contributed by atoms with van der Waals surface area (Å²) in [6, 6.07) is 27.7. The predicted octanol–water partition coefficient (Wildman–Crippen LogP) is 5.77. The van der Waals surface area contributed by atoms with Crippen molar-refractivity contribution in [3.63, 3.8) is 0 Å². The molecule has 0 aliphatic rings. The average Bonchev–Trinajstić information content (AvgIpc) is 2.72. The minimum Gasteiger partial charge on any atom is -0.192 e. The molecule has 2 nitrogen and oxygen atoms in total. The van der Waals surface area contributed by atoms with Crippen molar-refractivity contribution in [3.8, 4) is 12.1 Å². The molecule has 0 aliphatic heterocycles. The van der Waals surface area contributed by atoms with E-state index in [1.807, 2.05) is 91.0 Å². The summed E-state index contributed by atoms with van der Waals surface area (Å²) in [7, 11) is 0. The van der Waals surface area contributed by atoms with Gasteiger partial charge < -0.3 is 0 Å². The summed E-state index contributed by atoms with van der Waals surface area (Å²) in [5.41, 5.74) is 4.69. The van der Waals surface area contributed by atoms with E-state index < -0.39 is 0 Å². The second-order valence-corrected chi connectivity index (χ2v) is 5.74. The summed E-state index contributed by atoms with van der Waals surface area (Å²) in [6.07, 6.45) is 7.75. The minimum absolute atomic E-state index is 0.491. The van der Waals surface area contributed by atoms with Gasteiger partial charge in [-0.15, -0.1) is 0 Å². The first kappa shape index (κ1) is 17.0. The first-order chi connectivity index (χ1) is 12.8. The number of rotatable bonds is 4. The van der Waals surface area contributed by atoms with E-state index in [0.717, 1.165) is 22.3 Å². The molecule has 0 aromatic heterocycles. The van der Waals surface area contributed by atoms with Crippen LogP contribution < -0.4 is 0 Å². The zero-order valence-corrected chi connectivity index (χ0v) is 14.1. The minimum atomic E-state index is 0.491. The zero-order chi connectivity index (χ0) is 18.2. The van der Waals surface area contributed by atoms with E-state index >= 15 is 0 Å². The Bertz CT molecular complexity index is 949. The van der Waals surface area contributed by atoms with Gasteiger partial charge in [0.05, 0.1) is 23.3 Å². The lowest BCUT2D eigenvalue weighted by molar-refractivity contribution is 1.42. The van der Waals surface area contributed by atoms with Gasteiger partial charge in [0.15, 0.2) is 0 Å². The Morgan fingerprint density at radius 3 is 1.35 bits per heavy atom. The van der Waals surface area contributed by atoms with Crippen molar-refractivity contribution in [2.45, 2.75) is 0 Å². The molecule has 0 aliphatic carbocycles. The maximum Gasteiger partial charge on any atom is 0.0998 e. The van der Waals surface area contributed by atoms with E-state index in [0.29, 0.717) is 11.1 Å². The van der Waals surface area contributed by atoms with Crippen LogP contribution in [0.3, 0.4) is 0 Å². The number of nitriles is 2. The van der Waals surface area contributed by atoms with Crippen molar-refractivity contribution >= 4 is 24.3 Å². The molecule has 0 fully saturated rings. The maximum atomic E-state index is 9.42. The van der Waals surface area contributed by atoms with Crippen LogP contribution in [-0.2, 0) is 0 Å². The van der Waals surface area contributed by atoms with Crippen molar-refractivity contribution < 1.29 is 0 Å². The van der Waals surface area contributed by atoms with Gasteiger partial charge in [-0.05, 0) is 34.4 Å². The number of hydrogen-bond acceptors (Lipinski definition) is 2. The van der Waals surface area contributed by atoms with Crippen molar-refractivity contribution in [3.05, 3.63) is 106 Å². The van der Waals surface area contributed by atoms with E-state index in [4.69, 9.17) is 0 Å². The van der Waals surface area contributed by atoms with E-state index in [9.17, 15) is 10.5 Å². The highest BCUT2D eigenvalue weighted by Crippen LogP contribution is 2.21. The molecule has 0 amide bonds. The predicted molar refractivity (Wildman–Crippen MR) is 107 cm³/mol. The zero-order valence-electron chi connectivity index (χ0n) is 14.1. The molecule has 0 atom stereocenters. The largest absolute Gasteiger partial charge is 0.192 e. The number of hydrogen-bond donors (Lipinski definition) is 0. The normalized spacial score (nSPS) is 10.7. The van der Waals surface area contributed by atoms with Crippen LogP contribution in [0.4, 0.5) is 0 Å². The van der Waals surface area contributed by atoms with Gasteiger partial charge in [0.1, 0.15) is 0 Å². The summed E-state index contributed by atoms with van der Waals surface area (Å²) in [5, 5.41) is 18.8. The average molecular weight is 332 g/mol. The maximum absolute atomic E-state index is 9.42. The second kappa shape index (κ2) is 8.29. The molecule has 0 N–H and O–H groups in total. The van der Waals surface area contributed by atoms with Gasteiger partial charge in [0.2, 0.25) is 0 Å². The summed E-state index contributed by atoms with van der Waals surface area (Å²) in [4.78, 5) is 0. The standard InChI is InChI=1S/C24H16N2/c25-17-23-16-24(18-26)22(14-12-20-9-5-2-6-10-20)15-21(23)13-11-19-7-3-1-4-8-19/h1-16H. The van der Waals surface area contributed by atoms with E-state index in [1.54, 1.807) is 6.07 Å². The molecular weight excluding hydrogens is 316 g/mol. The molecule has 0 saturated heterocycles. The van der Waals surface area contributed by atoms with Crippen molar-refractivity contribution in [2.75, 3.05) is 0 Å². The summed E-state index contributed by atoms with van der Waals surface area (Å²) in [5.74, 6) is 0. The Labute approximate surface area is 153 Å². The van der Waals surface area contributed by atoms with Crippen LogP contribution in [0.2, 0.25) is 0 Å². The Kier molecular flexibility index (Phi) is 5.41. The first-order valence-corrected chi connectivity index (χ1v) is 8.24. The lowest BCUT2D eigenvalue weighted by atomic mass is 9.97. The van der Waals surface area contributed by atoms with Gasteiger partial charge in [-0.2, -0.15) is 10.5 Å². The molecule has 3 rings (SSSR count). The Balaban J connectivity index is 2.00. The summed E-state index contributed by atoms with van der Waals surface area (Å²) in [6.45, 7) is 0. The SMILES string of the molecule is N#Cc1cc(C#N)c(C=Cc2ccccc2)cc1C=Cc1ccccc1. The van der Waals surface area contributed by atoms with Crippen molar-refractivity contribution in [2.24, 2.45) is 0 Å². The lowest BCUT2D eigenvalue weighted by Gasteiger charge is -2.04. The van der Waals surface area contributed by atoms with E-state index in [-0.39, 0.29) is 0 Å². The molecule has 0 unspecified atom stereocenters. The number of benzene rings is 3. The van der Waals surface area contributed by atoms with Gasteiger partial charge >= 0.3 is 0 Å². The molecule has 0 bridgehead atoms. The van der Waals surface area contributed by atoms with Crippen LogP contribution in [0.25, 0.3) is 24.3 Å². The van der Waals surface area contributed by atoms with Crippen LogP contribution >= 0.6 is 0 Å². The third-order valence-corrected chi connectivity index (χ3v) is 3.97. The molecule has 0 saturated carbocycles. The van der Waals surface area contributed by atoms with Gasteiger partial charge in [-0.3, -0.25) is 0 Å². The molecule has 26 heavy (non-hydrogen) atoms. The highest BCUT2D eigenvalue weighted by atomic mass is 14.3. The quantitative estimate of drug-likeness (QED) is 0.569. The monoisotopic (exact) mass is 332 g/mol. The third kappa shape index (κ3) is 4.15. The topological polar surface area (TPSA) is 47.6 Å². The molecule has 3 aromatic rings. The van der Waals surface area contributed by atoms with Crippen molar-refractivity contribution in [1.82, 2.24) is 0 Å². The van der Waals surface area contributed by atoms with Crippen LogP contribution in [0.15, 0.2) is 72.8 Å². The van der Waals surface area contributed by atoms with Crippen LogP contribution in [0, 0.1) is 22.7 Å². The second-order valence-electron chi connectivity index (χ2n) is 5.74. The first-order valence-electron chi connectivity index (χ1n) is 8.24. The van der Waals surface area contributed by atoms with Crippen LogP contribution in [0.5, 0.6) is 0 Å². The van der Waals surface area contributed by atoms with Gasteiger partial charge in [0, 0.05) is 0 Å². The van der Waals surface area contributed by atoms with E-state index in [1.165, 1.54) is 0 Å². The Morgan fingerprint density at radius 2 is 0.962 bits per heavy atom. The fourth-order valence-corrected chi connectivity index (χ4v) is 2.60. The molecule has 2 heteroatoms. The van der Waals surface area contributed by atoms with Gasteiger partial charge in [-0.1, -0.05) is 85.0 Å². The summed E-state index contributed by atoms with van der Waals surface area (Å²) >= 11 is 0. The fraction of sp³-hybridized carbons (Fsp3) is 0. The Hall–Kier alpha value is -3.88. The Morgan fingerprint density at radius 1 is 0.538 bits per heavy atom. The highest BCUT2D eigenvalue weighted by molar-refractivity contribution is 5.79. The molecule has 122 valence electrons.